The topological polar surface area (TPSA) is 38.3 Å². The summed E-state index contributed by atoms with van der Waals surface area (Å²) >= 11 is 0. The van der Waals surface area contributed by atoms with E-state index in [4.69, 9.17) is 11.2 Å². The van der Waals surface area contributed by atoms with Gasteiger partial charge in [0.25, 0.3) is 0 Å². The Kier molecular flexibility index (Phi) is 4.03. The molecule has 3 heteroatoms. The van der Waals surface area contributed by atoms with Crippen molar-refractivity contribution < 1.29 is 9.53 Å². The van der Waals surface area contributed by atoms with Crippen molar-refractivity contribution in [1.82, 2.24) is 0 Å². The van der Waals surface area contributed by atoms with Crippen LogP contribution in [0.25, 0.3) is 0 Å². The van der Waals surface area contributed by atoms with Crippen molar-refractivity contribution in [2.45, 2.75) is 33.3 Å². The largest absolute Gasteiger partial charge is 0.456 e. The molecular weight excluding hydrogens is 226 g/mol. The molecule has 0 saturated heterocycles. The Bertz CT molecular complexity index is 504. The number of nitrogens with one attached hydrogen (secondary N) is 1. The lowest BCUT2D eigenvalue weighted by Gasteiger charge is -2.20. The summed E-state index contributed by atoms with van der Waals surface area (Å²) in [4.78, 5) is 12.1. The average Bonchev–Trinajstić information content (AvgIpc) is 2.27. The van der Waals surface area contributed by atoms with Gasteiger partial charge in [-0.1, -0.05) is 5.92 Å². The predicted octanol–water partition coefficient (Wildman–Crippen LogP) is 2.97. The number of carbonyl (C=O) groups is 1. The standard InChI is InChI=1S/C15H19NO2/c1-7-11-8-12(16-6)9-13(10(11)2)14(17)18-15(3,4)5/h1,8-9,16H,2-6H3. The third-order valence-electron chi connectivity index (χ3n) is 2.47. The highest BCUT2D eigenvalue weighted by atomic mass is 16.6. The third-order valence-corrected chi connectivity index (χ3v) is 2.47. The molecular formula is C15H19NO2. The summed E-state index contributed by atoms with van der Waals surface area (Å²) in [5.74, 6) is 2.23. The van der Waals surface area contributed by atoms with E-state index in [2.05, 4.69) is 11.2 Å². The fourth-order valence-electron chi connectivity index (χ4n) is 1.55. The molecule has 0 aromatic heterocycles. The molecule has 96 valence electrons. The molecule has 0 heterocycles. The van der Waals surface area contributed by atoms with Gasteiger partial charge < -0.3 is 10.1 Å². The molecule has 0 aliphatic heterocycles. The van der Waals surface area contributed by atoms with E-state index in [9.17, 15) is 4.79 Å². The lowest BCUT2D eigenvalue weighted by atomic mass is 10.0. The van der Waals surface area contributed by atoms with E-state index in [0.29, 0.717) is 11.1 Å². The second-order valence-electron chi connectivity index (χ2n) is 5.09. The SMILES string of the molecule is C#Cc1cc(NC)cc(C(=O)OC(C)(C)C)c1C. The minimum absolute atomic E-state index is 0.353. The number of terminal acetylenes is 1. The Hall–Kier alpha value is -1.95. The lowest BCUT2D eigenvalue weighted by Crippen LogP contribution is -2.24. The molecule has 3 nitrogen and oxygen atoms in total. The van der Waals surface area contributed by atoms with E-state index >= 15 is 0 Å². The summed E-state index contributed by atoms with van der Waals surface area (Å²) in [7, 11) is 1.78. The van der Waals surface area contributed by atoms with E-state index in [1.165, 1.54) is 0 Å². The monoisotopic (exact) mass is 245 g/mol. The van der Waals surface area contributed by atoms with E-state index in [-0.39, 0.29) is 5.97 Å². The van der Waals surface area contributed by atoms with Gasteiger partial charge in [0.05, 0.1) is 5.56 Å². The maximum absolute atomic E-state index is 12.1. The highest BCUT2D eigenvalue weighted by Crippen LogP contribution is 2.22. The van der Waals surface area contributed by atoms with Crippen molar-refractivity contribution in [2.75, 3.05) is 12.4 Å². The molecule has 1 aromatic rings. The van der Waals surface area contributed by atoms with Crippen LogP contribution in [-0.4, -0.2) is 18.6 Å². The van der Waals surface area contributed by atoms with Crippen molar-refractivity contribution in [1.29, 1.82) is 0 Å². The summed E-state index contributed by atoms with van der Waals surface area (Å²) < 4.78 is 5.37. The number of carbonyl (C=O) groups excluding carboxylic acids is 1. The zero-order valence-corrected chi connectivity index (χ0v) is 11.5. The normalized spacial score (nSPS) is 10.7. The first-order chi connectivity index (χ1) is 8.28. The fraction of sp³-hybridized carbons (Fsp3) is 0.400. The van der Waals surface area contributed by atoms with Crippen LogP contribution in [0.4, 0.5) is 5.69 Å². The molecule has 0 saturated carbocycles. The van der Waals surface area contributed by atoms with Crippen LogP contribution in [0.15, 0.2) is 12.1 Å². The average molecular weight is 245 g/mol. The summed E-state index contributed by atoms with van der Waals surface area (Å²) in [6, 6.07) is 3.59. The van der Waals surface area contributed by atoms with E-state index < -0.39 is 5.60 Å². The van der Waals surface area contributed by atoms with Gasteiger partial charge in [-0.2, -0.15) is 0 Å². The molecule has 0 unspecified atom stereocenters. The Balaban J connectivity index is 3.24. The highest BCUT2D eigenvalue weighted by Gasteiger charge is 2.20. The number of hydrogen-bond donors (Lipinski definition) is 1. The van der Waals surface area contributed by atoms with Gasteiger partial charge in [0.15, 0.2) is 0 Å². The zero-order valence-electron chi connectivity index (χ0n) is 11.5. The molecule has 0 amide bonds. The van der Waals surface area contributed by atoms with Crippen molar-refractivity contribution in [3.8, 4) is 12.3 Å². The maximum atomic E-state index is 12.1. The van der Waals surface area contributed by atoms with Gasteiger partial charge in [-0.05, 0) is 45.4 Å². The number of anilines is 1. The van der Waals surface area contributed by atoms with Crippen molar-refractivity contribution >= 4 is 11.7 Å². The lowest BCUT2D eigenvalue weighted by molar-refractivity contribution is 0.00688. The molecule has 1 aromatic carbocycles. The van der Waals surface area contributed by atoms with Gasteiger partial charge in [-0.15, -0.1) is 6.42 Å². The van der Waals surface area contributed by atoms with Gasteiger partial charge >= 0.3 is 5.97 Å². The number of hydrogen-bond acceptors (Lipinski definition) is 3. The van der Waals surface area contributed by atoms with Crippen molar-refractivity contribution in [3.05, 3.63) is 28.8 Å². The van der Waals surface area contributed by atoms with E-state index in [1.807, 2.05) is 33.8 Å². The molecule has 0 aliphatic carbocycles. The van der Waals surface area contributed by atoms with Crippen LogP contribution in [0.1, 0.15) is 42.3 Å². The van der Waals surface area contributed by atoms with Crippen molar-refractivity contribution in [3.63, 3.8) is 0 Å². The quantitative estimate of drug-likeness (QED) is 0.643. The second-order valence-corrected chi connectivity index (χ2v) is 5.09. The molecule has 0 radical (unpaired) electrons. The molecule has 0 spiro atoms. The molecule has 1 N–H and O–H groups in total. The Morgan fingerprint density at radius 2 is 2.00 bits per heavy atom. The fourth-order valence-corrected chi connectivity index (χ4v) is 1.55. The first kappa shape index (κ1) is 14.1. The molecule has 0 aliphatic rings. The Morgan fingerprint density at radius 1 is 1.39 bits per heavy atom. The zero-order chi connectivity index (χ0) is 13.9. The van der Waals surface area contributed by atoms with Crippen LogP contribution < -0.4 is 5.32 Å². The van der Waals surface area contributed by atoms with Crippen LogP contribution in [-0.2, 0) is 4.74 Å². The molecule has 0 fully saturated rings. The number of benzene rings is 1. The Labute approximate surface area is 109 Å². The first-order valence-corrected chi connectivity index (χ1v) is 5.81. The first-order valence-electron chi connectivity index (χ1n) is 5.81. The van der Waals surface area contributed by atoms with Gasteiger partial charge in [-0.3, -0.25) is 0 Å². The Morgan fingerprint density at radius 3 is 2.44 bits per heavy atom. The minimum Gasteiger partial charge on any atom is -0.456 e. The number of ether oxygens (including phenoxy) is 1. The molecule has 18 heavy (non-hydrogen) atoms. The molecule has 1 rings (SSSR count). The third kappa shape index (κ3) is 3.27. The van der Waals surface area contributed by atoms with Gasteiger partial charge in [0, 0.05) is 18.3 Å². The second kappa shape index (κ2) is 5.14. The van der Waals surface area contributed by atoms with Crippen LogP contribution >= 0.6 is 0 Å². The van der Waals surface area contributed by atoms with Gasteiger partial charge in [-0.25, -0.2) is 4.79 Å². The maximum Gasteiger partial charge on any atom is 0.339 e. The number of rotatable bonds is 2. The minimum atomic E-state index is -0.518. The van der Waals surface area contributed by atoms with Crippen LogP contribution in [0.2, 0.25) is 0 Å². The number of esters is 1. The van der Waals surface area contributed by atoms with Crippen LogP contribution in [0, 0.1) is 19.3 Å². The summed E-state index contributed by atoms with van der Waals surface area (Å²) in [5, 5.41) is 2.98. The highest BCUT2D eigenvalue weighted by molar-refractivity contribution is 5.93. The smallest absolute Gasteiger partial charge is 0.339 e. The summed E-state index contributed by atoms with van der Waals surface area (Å²) in [6.45, 7) is 7.34. The van der Waals surface area contributed by atoms with Crippen LogP contribution in [0.5, 0.6) is 0 Å². The summed E-state index contributed by atoms with van der Waals surface area (Å²) in [5.41, 5.74) is 2.25. The van der Waals surface area contributed by atoms with E-state index in [0.717, 1.165) is 11.3 Å². The molecule has 0 atom stereocenters. The van der Waals surface area contributed by atoms with Crippen LogP contribution in [0.3, 0.4) is 0 Å². The van der Waals surface area contributed by atoms with Gasteiger partial charge in [0.2, 0.25) is 0 Å². The van der Waals surface area contributed by atoms with Crippen molar-refractivity contribution in [2.24, 2.45) is 0 Å². The van der Waals surface area contributed by atoms with Gasteiger partial charge in [0.1, 0.15) is 5.60 Å². The van der Waals surface area contributed by atoms with E-state index in [1.54, 1.807) is 13.1 Å². The predicted molar refractivity (Wildman–Crippen MR) is 73.8 cm³/mol. The molecule has 0 bridgehead atoms. The summed E-state index contributed by atoms with van der Waals surface area (Å²) in [6.07, 6.45) is 5.44.